The molecule has 2 fully saturated rings. The Kier molecular flexibility index (Phi) is 6.12. The highest BCUT2D eigenvalue weighted by molar-refractivity contribution is 7.14. The molecule has 5 rings (SSSR count). The van der Waals surface area contributed by atoms with E-state index in [1.54, 1.807) is 17.5 Å². The minimum Gasteiger partial charge on any atom is -0.304 e. The van der Waals surface area contributed by atoms with Crippen LogP contribution in [0.15, 0.2) is 24.4 Å². The van der Waals surface area contributed by atoms with Crippen molar-refractivity contribution in [3.8, 4) is 10.6 Å². The van der Waals surface area contributed by atoms with Gasteiger partial charge < -0.3 is 4.90 Å². The number of fused-ring (bicyclic) bond motifs is 1. The number of amides is 1. The lowest BCUT2D eigenvalue weighted by Gasteiger charge is -2.40. The third kappa shape index (κ3) is 4.65. The Labute approximate surface area is 192 Å². The second kappa shape index (κ2) is 9.17. The van der Waals surface area contributed by atoms with E-state index in [9.17, 15) is 4.79 Å². The fourth-order valence-electron chi connectivity index (χ4n) is 4.73. The van der Waals surface area contributed by atoms with E-state index in [1.165, 1.54) is 0 Å². The maximum Gasteiger partial charge on any atom is 0.229 e. The lowest BCUT2D eigenvalue weighted by Crippen LogP contribution is -2.50. The monoisotopic (exact) mass is 451 g/mol. The van der Waals surface area contributed by atoms with Crippen molar-refractivity contribution in [2.45, 2.75) is 38.6 Å². The largest absolute Gasteiger partial charge is 0.304 e. The molecule has 1 N–H and O–H groups in total. The maximum absolute atomic E-state index is 12.9. The summed E-state index contributed by atoms with van der Waals surface area (Å²) in [5.74, 6) is 0.445. The summed E-state index contributed by atoms with van der Waals surface area (Å²) in [6.45, 7) is 6.50. The van der Waals surface area contributed by atoms with Gasteiger partial charge in [0.15, 0.2) is 0 Å². The van der Waals surface area contributed by atoms with Gasteiger partial charge in [0.25, 0.3) is 0 Å². The highest BCUT2D eigenvalue weighted by Gasteiger charge is 2.30. The topological polar surface area (TPSA) is 87.1 Å². The molecule has 168 valence electrons. The SMILES string of the molecule is Cc1nnc(-c2ccc3cnc(NC(=O)[C@H]4CC[C@H](N5CCN(C)CC5)CC4)nc3c2)s1. The molecule has 1 aliphatic heterocycles. The summed E-state index contributed by atoms with van der Waals surface area (Å²) in [6, 6.07) is 6.58. The van der Waals surface area contributed by atoms with E-state index in [-0.39, 0.29) is 11.8 Å². The molecule has 2 aromatic heterocycles. The van der Waals surface area contributed by atoms with Gasteiger partial charge in [-0.05, 0) is 45.7 Å². The van der Waals surface area contributed by atoms with E-state index in [2.05, 4.69) is 42.3 Å². The normalized spacial score (nSPS) is 22.8. The van der Waals surface area contributed by atoms with Crippen molar-refractivity contribution in [1.29, 1.82) is 0 Å². The van der Waals surface area contributed by atoms with E-state index >= 15 is 0 Å². The zero-order chi connectivity index (χ0) is 22.1. The number of nitrogens with zero attached hydrogens (tertiary/aromatic N) is 6. The Hall–Kier alpha value is -2.49. The molecule has 1 saturated heterocycles. The molecular formula is C23H29N7OS. The zero-order valence-corrected chi connectivity index (χ0v) is 19.4. The second-order valence-electron chi connectivity index (χ2n) is 8.93. The summed E-state index contributed by atoms with van der Waals surface area (Å²) in [5, 5.41) is 14.0. The summed E-state index contributed by atoms with van der Waals surface area (Å²) < 4.78 is 0. The first kappa shape index (κ1) is 21.4. The smallest absolute Gasteiger partial charge is 0.229 e. The fraction of sp³-hybridized carbons (Fsp3) is 0.522. The van der Waals surface area contributed by atoms with Crippen molar-refractivity contribution in [2.24, 2.45) is 5.92 Å². The molecule has 32 heavy (non-hydrogen) atoms. The number of aryl methyl sites for hydroxylation is 1. The molecule has 0 atom stereocenters. The van der Waals surface area contributed by atoms with E-state index < -0.39 is 0 Å². The molecule has 0 spiro atoms. The van der Waals surface area contributed by atoms with E-state index in [1.807, 2.05) is 25.1 Å². The van der Waals surface area contributed by atoms with Gasteiger partial charge in [-0.25, -0.2) is 9.97 Å². The van der Waals surface area contributed by atoms with Crippen LogP contribution in [0.25, 0.3) is 21.5 Å². The first-order valence-corrected chi connectivity index (χ1v) is 12.2. The number of aromatic nitrogens is 4. The minimum absolute atomic E-state index is 0.0358. The predicted octanol–water partition coefficient (Wildman–Crippen LogP) is 3.20. The van der Waals surface area contributed by atoms with Crippen molar-refractivity contribution in [2.75, 3.05) is 38.5 Å². The van der Waals surface area contributed by atoms with Crippen LogP contribution in [0.3, 0.4) is 0 Å². The van der Waals surface area contributed by atoms with Gasteiger partial charge in [0, 0.05) is 55.3 Å². The van der Waals surface area contributed by atoms with E-state index in [0.717, 1.165) is 78.3 Å². The minimum atomic E-state index is 0.0358. The first-order valence-electron chi connectivity index (χ1n) is 11.4. The van der Waals surface area contributed by atoms with Gasteiger partial charge in [-0.3, -0.25) is 15.0 Å². The Bertz CT molecular complexity index is 1100. The molecule has 2 aliphatic rings. The summed E-state index contributed by atoms with van der Waals surface area (Å²) in [5.41, 5.74) is 1.76. The molecule has 1 amide bonds. The lowest BCUT2D eigenvalue weighted by atomic mass is 9.84. The Morgan fingerprint density at radius 1 is 1.09 bits per heavy atom. The summed E-state index contributed by atoms with van der Waals surface area (Å²) in [4.78, 5) is 26.8. The van der Waals surface area contributed by atoms with Crippen molar-refractivity contribution >= 4 is 34.1 Å². The average Bonchev–Trinajstić information content (AvgIpc) is 3.25. The highest BCUT2D eigenvalue weighted by Crippen LogP contribution is 2.30. The number of hydrogen-bond donors (Lipinski definition) is 1. The van der Waals surface area contributed by atoms with Crippen LogP contribution in [0, 0.1) is 12.8 Å². The first-order chi connectivity index (χ1) is 15.5. The van der Waals surface area contributed by atoms with Gasteiger partial charge in [0.05, 0.1) is 5.52 Å². The number of likely N-dealkylation sites (N-methyl/N-ethyl adjacent to an activating group) is 1. The molecule has 1 aromatic carbocycles. The molecule has 8 nitrogen and oxygen atoms in total. The maximum atomic E-state index is 12.9. The van der Waals surface area contributed by atoms with Gasteiger partial charge in [-0.2, -0.15) is 0 Å². The Morgan fingerprint density at radius 3 is 2.59 bits per heavy atom. The molecule has 0 unspecified atom stereocenters. The van der Waals surface area contributed by atoms with Crippen LogP contribution in [0.4, 0.5) is 5.95 Å². The third-order valence-corrected chi connectivity index (χ3v) is 7.60. The molecule has 0 radical (unpaired) electrons. The number of piperazine rings is 1. The molecule has 1 saturated carbocycles. The molecule has 3 aromatic rings. The second-order valence-corrected chi connectivity index (χ2v) is 10.1. The van der Waals surface area contributed by atoms with Crippen molar-refractivity contribution in [3.63, 3.8) is 0 Å². The number of benzene rings is 1. The third-order valence-electron chi connectivity index (χ3n) is 6.71. The molecule has 3 heterocycles. The molecule has 1 aliphatic carbocycles. The highest BCUT2D eigenvalue weighted by atomic mass is 32.1. The standard InChI is InChI=1S/C23H29N7OS/c1-15-27-28-22(32-15)17-3-4-18-14-24-23(25-20(18)13-17)26-21(31)16-5-7-19(8-6-16)30-11-9-29(2)10-12-30/h3-4,13-14,16,19H,5-12H2,1-2H3,(H,24,25,26,31)/t16-,19-. The van der Waals surface area contributed by atoms with Crippen LogP contribution in [-0.4, -0.2) is 75.1 Å². The zero-order valence-electron chi connectivity index (χ0n) is 18.6. The number of carbonyl (C=O) groups is 1. The van der Waals surface area contributed by atoms with Crippen molar-refractivity contribution in [3.05, 3.63) is 29.4 Å². The molecule has 0 bridgehead atoms. The van der Waals surface area contributed by atoms with Gasteiger partial charge in [0.2, 0.25) is 11.9 Å². The van der Waals surface area contributed by atoms with Gasteiger partial charge in [-0.15, -0.1) is 10.2 Å². The number of nitrogens with one attached hydrogen (secondary N) is 1. The van der Waals surface area contributed by atoms with Crippen LogP contribution in [0.5, 0.6) is 0 Å². The number of rotatable bonds is 4. The summed E-state index contributed by atoms with van der Waals surface area (Å²) >= 11 is 1.55. The fourth-order valence-corrected chi connectivity index (χ4v) is 5.42. The van der Waals surface area contributed by atoms with Crippen LogP contribution >= 0.6 is 11.3 Å². The van der Waals surface area contributed by atoms with Crippen LogP contribution in [0.2, 0.25) is 0 Å². The quantitative estimate of drug-likeness (QED) is 0.652. The molecular weight excluding hydrogens is 422 g/mol. The van der Waals surface area contributed by atoms with Gasteiger partial charge in [0.1, 0.15) is 10.0 Å². The summed E-state index contributed by atoms with van der Waals surface area (Å²) in [6.07, 6.45) is 5.79. The lowest BCUT2D eigenvalue weighted by molar-refractivity contribution is -0.121. The van der Waals surface area contributed by atoms with Crippen LogP contribution in [-0.2, 0) is 4.79 Å². The molecule has 9 heteroatoms. The number of anilines is 1. The van der Waals surface area contributed by atoms with Gasteiger partial charge >= 0.3 is 0 Å². The Morgan fingerprint density at radius 2 is 1.88 bits per heavy atom. The van der Waals surface area contributed by atoms with E-state index in [0.29, 0.717) is 12.0 Å². The van der Waals surface area contributed by atoms with Crippen molar-refractivity contribution < 1.29 is 4.79 Å². The number of hydrogen-bond acceptors (Lipinski definition) is 8. The van der Waals surface area contributed by atoms with Crippen LogP contribution in [0.1, 0.15) is 30.7 Å². The van der Waals surface area contributed by atoms with Crippen molar-refractivity contribution in [1.82, 2.24) is 30.0 Å². The van der Waals surface area contributed by atoms with Gasteiger partial charge in [-0.1, -0.05) is 23.5 Å². The van der Waals surface area contributed by atoms with Crippen LogP contribution < -0.4 is 5.32 Å². The Balaban J connectivity index is 1.22. The predicted molar refractivity (Wildman–Crippen MR) is 127 cm³/mol. The summed E-state index contributed by atoms with van der Waals surface area (Å²) in [7, 11) is 2.19. The van der Waals surface area contributed by atoms with E-state index in [4.69, 9.17) is 0 Å². The number of carbonyl (C=O) groups excluding carboxylic acids is 1. The average molecular weight is 452 g/mol.